The number of halogens is 2. The van der Waals surface area contributed by atoms with Crippen LogP contribution in [0.15, 0.2) is 24.4 Å². The van der Waals surface area contributed by atoms with E-state index in [1.54, 1.807) is 0 Å². The minimum Gasteiger partial charge on any atom is -0.311 e. The van der Waals surface area contributed by atoms with Gasteiger partial charge in [0, 0.05) is 6.54 Å². The minimum absolute atomic E-state index is 0.202. The van der Waals surface area contributed by atoms with E-state index < -0.39 is 11.6 Å². The van der Waals surface area contributed by atoms with E-state index in [9.17, 15) is 8.78 Å². The second kappa shape index (κ2) is 5.68. The van der Waals surface area contributed by atoms with Gasteiger partial charge in [0.2, 0.25) is 0 Å². The van der Waals surface area contributed by atoms with Gasteiger partial charge in [-0.25, -0.2) is 13.5 Å². The lowest BCUT2D eigenvalue weighted by Gasteiger charge is -2.02. The van der Waals surface area contributed by atoms with Gasteiger partial charge in [0.25, 0.3) is 0 Å². The van der Waals surface area contributed by atoms with Crippen LogP contribution in [-0.4, -0.2) is 21.5 Å². The van der Waals surface area contributed by atoms with Gasteiger partial charge in [-0.05, 0) is 25.1 Å². The number of rotatable bonds is 5. The monoisotopic (exact) mass is 252 g/mol. The van der Waals surface area contributed by atoms with Gasteiger partial charge in [0.1, 0.15) is 5.69 Å². The predicted molar refractivity (Wildman–Crippen MR) is 63.3 cm³/mol. The summed E-state index contributed by atoms with van der Waals surface area (Å²) in [4.78, 5) is 0. The number of para-hydroxylation sites is 1. The van der Waals surface area contributed by atoms with Crippen LogP contribution in [0.2, 0.25) is 0 Å². The minimum atomic E-state index is -0.659. The summed E-state index contributed by atoms with van der Waals surface area (Å²) in [6.45, 7) is 3.45. The van der Waals surface area contributed by atoms with Crippen LogP contribution in [0.5, 0.6) is 0 Å². The average molecular weight is 252 g/mol. The molecule has 0 aliphatic rings. The van der Waals surface area contributed by atoms with Crippen molar-refractivity contribution in [3.63, 3.8) is 0 Å². The molecule has 1 aromatic carbocycles. The maximum absolute atomic E-state index is 13.5. The quantitative estimate of drug-likeness (QED) is 0.828. The molecular weight excluding hydrogens is 238 g/mol. The largest absolute Gasteiger partial charge is 0.311 e. The number of hydrogen-bond donors (Lipinski definition) is 1. The van der Waals surface area contributed by atoms with Crippen LogP contribution in [0.3, 0.4) is 0 Å². The van der Waals surface area contributed by atoms with Crippen molar-refractivity contribution in [1.29, 1.82) is 0 Å². The molecule has 4 nitrogen and oxygen atoms in total. The van der Waals surface area contributed by atoms with Gasteiger partial charge in [-0.1, -0.05) is 18.2 Å². The third kappa shape index (κ3) is 2.70. The third-order valence-corrected chi connectivity index (χ3v) is 2.44. The molecule has 0 atom stereocenters. The SMILES string of the molecule is CCCNCc1cn(-c2c(F)cccc2F)nn1. The van der Waals surface area contributed by atoms with Crippen molar-refractivity contribution in [2.75, 3.05) is 6.54 Å². The molecule has 0 radical (unpaired) electrons. The molecule has 0 amide bonds. The lowest BCUT2D eigenvalue weighted by atomic mass is 10.3. The summed E-state index contributed by atoms with van der Waals surface area (Å²) in [5.74, 6) is -1.32. The summed E-state index contributed by atoms with van der Waals surface area (Å²) in [6.07, 6.45) is 2.53. The van der Waals surface area contributed by atoms with E-state index in [1.807, 2.05) is 0 Å². The van der Waals surface area contributed by atoms with E-state index >= 15 is 0 Å². The Kier molecular flexibility index (Phi) is 3.99. The van der Waals surface area contributed by atoms with Crippen molar-refractivity contribution in [2.45, 2.75) is 19.9 Å². The van der Waals surface area contributed by atoms with Crippen molar-refractivity contribution >= 4 is 0 Å². The van der Waals surface area contributed by atoms with Gasteiger partial charge in [0.05, 0.1) is 11.9 Å². The Morgan fingerprint density at radius 1 is 1.28 bits per heavy atom. The lowest BCUT2D eigenvalue weighted by Crippen LogP contribution is -2.13. The molecule has 6 heteroatoms. The second-order valence-electron chi connectivity index (χ2n) is 3.90. The molecule has 18 heavy (non-hydrogen) atoms. The fourth-order valence-corrected chi connectivity index (χ4v) is 1.59. The molecule has 1 N–H and O–H groups in total. The van der Waals surface area contributed by atoms with E-state index in [1.165, 1.54) is 24.4 Å². The summed E-state index contributed by atoms with van der Waals surface area (Å²) in [5.41, 5.74) is 0.442. The van der Waals surface area contributed by atoms with E-state index in [4.69, 9.17) is 0 Å². The van der Waals surface area contributed by atoms with Gasteiger partial charge in [-0.2, -0.15) is 0 Å². The maximum Gasteiger partial charge on any atom is 0.151 e. The van der Waals surface area contributed by atoms with Crippen molar-refractivity contribution in [3.8, 4) is 5.69 Å². The highest BCUT2D eigenvalue weighted by Crippen LogP contribution is 2.16. The molecule has 0 saturated carbocycles. The zero-order chi connectivity index (χ0) is 13.0. The fourth-order valence-electron chi connectivity index (χ4n) is 1.59. The highest BCUT2D eigenvalue weighted by molar-refractivity contribution is 5.34. The zero-order valence-electron chi connectivity index (χ0n) is 10.0. The second-order valence-corrected chi connectivity index (χ2v) is 3.90. The number of nitrogens with zero attached hydrogens (tertiary/aromatic N) is 3. The van der Waals surface area contributed by atoms with Crippen LogP contribution < -0.4 is 5.32 Å². The normalized spacial score (nSPS) is 10.8. The number of hydrogen-bond acceptors (Lipinski definition) is 3. The van der Waals surface area contributed by atoms with Crippen LogP contribution in [0.4, 0.5) is 8.78 Å². The van der Waals surface area contributed by atoms with E-state index in [-0.39, 0.29) is 5.69 Å². The Bertz CT molecular complexity index is 504. The van der Waals surface area contributed by atoms with Gasteiger partial charge in [-0.3, -0.25) is 0 Å². The number of benzene rings is 1. The Morgan fingerprint density at radius 3 is 2.67 bits per heavy atom. The molecule has 0 unspecified atom stereocenters. The first-order chi connectivity index (χ1) is 8.72. The average Bonchev–Trinajstić information content (AvgIpc) is 2.78. The van der Waals surface area contributed by atoms with Crippen LogP contribution in [-0.2, 0) is 6.54 Å². The molecule has 0 saturated heterocycles. The first kappa shape index (κ1) is 12.6. The Morgan fingerprint density at radius 2 is 2.00 bits per heavy atom. The zero-order valence-corrected chi connectivity index (χ0v) is 10.0. The predicted octanol–water partition coefficient (Wildman–Crippen LogP) is 2.05. The van der Waals surface area contributed by atoms with Crippen LogP contribution in [0.25, 0.3) is 5.69 Å². The summed E-state index contributed by atoms with van der Waals surface area (Å²) in [6, 6.07) is 3.69. The van der Waals surface area contributed by atoms with Crippen LogP contribution in [0, 0.1) is 11.6 Å². The maximum atomic E-state index is 13.5. The Hall–Kier alpha value is -1.82. The smallest absolute Gasteiger partial charge is 0.151 e. The van der Waals surface area contributed by atoms with Crippen LogP contribution >= 0.6 is 0 Å². The third-order valence-electron chi connectivity index (χ3n) is 2.44. The van der Waals surface area contributed by atoms with E-state index in [0.29, 0.717) is 12.2 Å². The van der Waals surface area contributed by atoms with Crippen LogP contribution in [0.1, 0.15) is 19.0 Å². The molecule has 2 rings (SSSR count). The molecule has 1 aromatic heterocycles. The van der Waals surface area contributed by atoms with Gasteiger partial charge in [0.15, 0.2) is 11.6 Å². The molecule has 2 aromatic rings. The molecule has 0 fully saturated rings. The Labute approximate surface area is 104 Å². The molecule has 96 valence electrons. The Balaban J connectivity index is 2.19. The van der Waals surface area contributed by atoms with Crippen molar-refractivity contribution < 1.29 is 8.78 Å². The molecule has 0 bridgehead atoms. The van der Waals surface area contributed by atoms with Gasteiger partial charge < -0.3 is 5.32 Å². The van der Waals surface area contributed by atoms with Crippen molar-refractivity contribution in [2.24, 2.45) is 0 Å². The molecule has 0 aliphatic heterocycles. The fraction of sp³-hybridized carbons (Fsp3) is 0.333. The summed E-state index contributed by atoms with van der Waals surface area (Å²) >= 11 is 0. The first-order valence-electron chi connectivity index (χ1n) is 5.78. The first-order valence-corrected chi connectivity index (χ1v) is 5.78. The standard InChI is InChI=1S/C12H14F2N4/c1-2-6-15-7-9-8-18(17-16-9)12-10(13)4-3-5-11(12)14/h3-5,8,15H,2,6-7H2,1H3. The van der Waals surface area contributed by atoms with Gasteiger partial charge in [-0.15, -0.1) is 5.10 Å². The molecule has 0 spiro atoms. The molecule has 1 heterocycles. The number of nitrogens with one attached hydrogen (secondary N) is 1. The summed E-state index contributed by atoms with van der Waals surface area (Å²) in [5, 5.41) is 10.7. The topological polar surface area (TPSA) is 42.7 Å². The molecule has 0 aliphatic carbocycles. The highest BCUT2D eigenvalue weighted by atomic mass is 19.1. The summed E-state index contributed by atoms with van der Waals surface area (Å²) < 4.78 is 28.1. The number of aromatic nitrogens is 3. The van der Waals surface area contributed by atoms with E-state index in [2.05, 4.69) is 22.6 Å². The lowest BCUT2D eigenvalue weighted by molar-refractivity contribution is 0.556. The van der Waals surface area contributed by atoms with E-state index in [0.717, 1.165) is 17.6 Å². The molecular formula is C12H14F2N4. The van der Waals surface area contributed by atoms with Crippen molar-refractivity contribution in [1.82, 2.24) is 20.3 Å². The summed E-state index contributed by atoms with van der Waals surface area (Å²) in [7, 11) is 0. The highest BCUT2D eigenvalue weighted by Gasteiger charge is 2.12. The van der Waals surface area contributed by atoms with Gasteiger partial charge >= 0.3 is 0 Å². The van der Waals surface area contributed by atoms with Crippen molar-refractivity contribution in [3.05, 3.63) is 41.7 Å².